The molecule has 0 heterocycles. The Hall–Kier alpha value is -1.60. The van der Waals surface area contributed by atoms with Gasteiger partial charge >= 0.3 is 0 Å². The quantitative estimate of drug-likeness (QED) is 0.913. The van der Waals surface area contributed by atoms with Crippen molar-refractivity contribution >= 4 is 17.5 Å². The fourth-order valence-corrected chi connectivity index (χ4v) is 1.49. The topological polar surface area (TPSA) is 52.9 Å². The Morgan fingerprint density at radius 3 is 2.78 bits per heavy atom. The number of rotatable bonds is 4. The first-order valence-corrected chi connectivity index (χ1v) is 5.88. The van der Waals surface area contributed by atoms with Gasteiger partial charge in [-0.2, -0.15) is 5.26 Å². The Labute approximate surface area is 111 Å². The Balaban J connectivity index is 2.50. The van der Waals surface area contributed by atoms with Gasteiger partial charge in [0.15, 0.2) is 0 Å². The highest BCUT2D eigenvalue weighted by atomic mass is 35.5. The molecule has 3 nitrogen and oxygen atoms in total. The lowest BCUT2D eigenvalue weighted by Crippen LogP contribution is -2.36. The van der Waals surface area contributed by atoms with E-state index in [9.17, 15) is 9.18 Å². The third-order valence-electron chi connectivity index (χ3n) is 2.53. The number of halogens is 2. The predicted octanol–water partition coefficient (Wildman–Crippen LogP) is 2.69. The zero-order chi connectivity index (χ0) is 13.8. The average Bonchev–Trinajstić information content (AvgIpc) is 2.33. The molecule has 0 aliphatic rings. The van der Waals surface area contributed by atoms with Crippen LogP contribution in [0.1, 0.15) is 19.4 Å². The number of nitrogens with zero attached hydrogens (tertiary/aromatic N) is 1. The van der Waals surface area contributed by atoms with Crippen molar-refractivity contribution in [3.8, 4) is 6.07 Å². The summed E-state index contributed by atoms with van der Waals surface area (Å²) in [6.45, 7) is 3.49. The molecule has 0 atom stereocenters. The van der Waals surface area contributed by atoms with E-state index in [1.807, 2.05) is 6.07 Å². The van der Waals surface area contributed by atoms with E-state index in [1.165, 1.54) is 12.1 Å². The van der Waals surface area contributed by atoms with Gasteiger partial charge in [-0.3, -0.25) is 4.79 Å². The summed E-state index contributed by atoms with van der Waals surface area (Å²) in [6.07, 6.45) is 0.535. The zero-order valence-electron chi connectivity index (χ0n) is 10.3. The van der Waals surface area contributed by atoms with Gasteiger partial charge < -0.3 is 5.32 Å². The van der Waals surface area contributed by atoms with E-state index in [4.69, 9.17) is 16.9 Å². The van der Waals surface area contributed by atoms with Gasteiger partial charge in [0.2, 0.25) is 5.91 Å². The first-order valence-electron chi connectivity index (χ1n) is 5.50. The minimum atomic E-state index is -1.04. The van der Waals surface area contributed by atoms with Crippen molar-refractivity contribution in [1.82, 2.24) is 5.32 Å². The van der Waals surface area contributed by atoms with Crippen molar-refractivity contribution in [2.45, 2.75) is 20.3 Å². The van der Waals surface area contributed by atoms with E-state index in [0.29, 0.717) is 13.0 Å². The molecule has 0 saturated heterocycles. The Morgan fingerprint density at radius 2 is 2.22 bits per heavy atom. The molecule has 96 valence electrons. The highest BCUT2D eigenvalue weighted by Gasteiger charge is 2.26. The van der Waals surface area contributed by atoms with Crippen LogP contribution >= 0.6 is 11.6 Å². The van der Waals surface area contributed by atoms with Crippen LogP contribution in [-0.2, 0) is 11.2 Å². The molecule has 0 aliphatic heterocycles. The normalized spacial score (nSPS) is 10.8. The Morgan fingerprint density at radius 1 is 1.56 bits per heavy atom. The van der Waals surface area contributed by atoms with Crippen LogP contribution in [0.15, 0.2) is 18.2 Å². The summed E-state index contributed by atoms with van der Waals surface area (Å²) in [6, 6.07) is 6.35. The second-order valence-corrected chi connectivity index (χ2v) is 4.90. The van der Waals surface area contributed by atoms with Crippen molar-refractivity contribution in [3.05, 3.63) is 34.6 Å². The second kappa shape index (κ2) is 5.83. The first-order chi connectivity index (χ1) is 8.36. The molecule has 1 aromatic rings. The predicted molar refractivity (Wildman–Crippen MR) is 67.5 cm³/mol. The molecule has 5 heteroatoms. The summed E-state index contributed by atoms with van der Waals surface area (Å²) in [7, 11) is 0. The third-order valence-corrected chi connectivity index (χ3v) is 2.82. The van der Waals surface area contributed by atoms with E-state index in [-0.39, 0.29) is 10.9 Å². The van der Waals surface area contributed by atoms with Crippen molar-refractivity contribution in [2.75, 3.05) is 6.54 Å². The lowest BCUT2D eigenvalue weighted by Gasteiger charge is -2.14. The number of carbonyl (C=O) groups is 1. The number of nitriles is 1. The molecule has 0 fully saturated rings. The van der Waals surface area contributed by atoms with Gasteiger partial charge in [0.25, 0.3) is 0 Å². The van der Waals surface area contributed by atoms with Gasteiger partial charge in [-0.1, -0.05) is 17.7 Å². The van der Waals surface area contributed by atoms with Crippen LogP contribution < -0.4 is 5.32 Å². The van der Waals surface area contributed by atoms with E-state index >= 15 is 0 Å². The average molecular weight is 269 g/mol. The van der Waals surface area contributed by atoms with Crippen LogP contribution in [-0.4, -0.2) is 12.5 Å². The summed E-state index contributed by atoms with van der Waals surface area (Å²) in [5.41, 5.74) is -0.211. The maximum Gasteiger partial charge on any atom is 0.239 e. The van der Waals surface area contributed by atoms with Gasteiger partial charge in [-0.05, 0) is 38.0 Å². The molecule has 0 aromatic heterocycles. The van der Waals surface area contributed by atoms with Crippen molar-refractivity contribution in [2.24, 2.45) is 5.41 Å². The summed E-state index contributed by atoms with van der Waals surface area (Å²) in [5, 5.41) is 11.5. The molecule has 0 bridgehead atoms. The molecule has 0 spiro atoms. The molecule has 1 aromatic carbocycles. The number of nitrogens with one attached hydrogen (secondary N) is 1. The molecular weight excluding hydrogens is 255 g/mol. The number of hydrogen-bond acceptors (Lipinski definition) is 2. The summed E-state index contributed by atoms with van der Waals surface area (Å²) >= 11 is 5.64. The molecule has 0 aliphatic carbocycles. The minimum absolute atomic E-state index is 0.0659. The molecule has 0 unspecified atom stereocenters. The van der Waals surface area contributed by atoms with Gasteiger partial charge in [-0.15, -0.1) is 0 Å². The smallest absolute Gasteiger partial charge is 0.239 e. The molecule has 0 saturated carbocycles. The van der Waals surface area contributed by atoms with Crippen LogP contribution in [0.3, 0.4) is 0 Å². The fraction of sp³-hybridized carbons (Fsp3) is 0.385. The summed E-state index contributed by atoms with van der Waals surface area (Å²) in [5.74, 6) is -0.784. The summed E-state index contributed by atoms with van der Waals surface area (Å²) < 4.78 is 12.9. The van der Waals surface area contributed by atoms with Gasteiger partial charge in [0.05, 0.1) is 11.1 Å². The van der Waals surface area contributed by atoms with E-state index in [2.05, 4.69) is 5.32 Å². The molecule has 0 radical (unpaired) electrons. The molecule has 18 heavy (non-hydrogen) atoms. The third kappa shape index (κ3) is 3.71. The Bertz CT molecular complexity index is 494. The van der Waals surface area contributed by atoms with Crippen molar-refractivity contribution in [1.29, 1.82) is 5.26 Å². The van der Waals surface area contributed by atoms with Crippen molar-refractivity contribution < 1.29 is 9.18 Å². The van der Waals surface area contributed by atoms with Gasteiger partial charge in [0.1, 0.15) is 11.2 Å². The van der Waals surface area contributed by atoms with Crippen LogP contribution in [0.5, 0.6) is 0 Å². The van der Waals surface area contributed by atoms with Crippen LogP contribution in [0.2, 0.25) is 5.02 Å². The minimum Gasteiger partial charge on any atom is -0.354 e. The monoisotopic (exact) mass is 268 g/mol. The highest BCUT2D eigenvalue weighted by Crippen LogP contribution is 2.16. The first kappa shape index (κ1) is 14.5. The molecular formula is C13H14ClFN2O. The van der Waals surface area contributed by atoms with Crippen LogP contribution in [0.25, 0.3) is 0 Å². The van der Waals surface area contributed by atoms with Gasteiger partial charge in [-0.25, -0.2) is 4.39 Å². The standard InChI is InChI=1S/C13H14ClFN2O/c1-13(2,8-16)12(18)17-6-5-9-3-4-11(15)10(14)7-9/h3-4,7H,5-6H2,1-2H3,(H,17,18). The van der Waals surface area contributed by atoms with E-state index < -0.39 is 11.2 Å². The number of hydrogen-bond donors (Lipinski definition) is 1. The van der Waals surface area contributed by atoms with E-state index in [0.717, 1.165) is 5.56 Å². The van der Waals surface area contributed by atoms with Crippen LogP contribution in [0, 0.1) is 22.6 Å². The highest BCUT2D eigenvalue weighted by molar-refractivity contribution is 6.30. The number of benzene rings is 1. The Kier molecular flexibility index (Phi) is 4.69. The van der Waals surface area contributed by atoms with Crippen LogP contribution in [0.4, 0.5) is 4.39 Å². The zero-order valence-corrected chi connectivity index (χ0v) is 11.0. The second-order valence-electron chi connectivity index (χ2n) is 4.49. The maximum absolute atomic E-state index is 12.9. The van der Waals surface area contributed by atoms with Crippen molar-refractivity contribution in [3.63, 3.8) is 0 Å². The number of amides is 1. The molecule has 1 amide bonds. The molecule has 1 N–H and O–H groups in total. The lowest BCUT2D eigenvalue weighted by atomic mass is 9.95. The number of carbonyl (C=O) groups excluding carboxylic acids is 1. The largest absolute Gasteiger partial charge is 0.354 e. The summed E-state index contributed by atoms with van der Waals surface area (Å²) in [4.78, 5) is 11.6. The maximum atomic E-state index is 12.9. The van der Waals surface area contributed by atoms with Gasteiger partial charge in [0, 0.05) is 6.54 Å². The van der Waals surface area contributed by atoms with E-state index in [1.54, 1.807) is 19.9 Å². The lowest BCUT2D eigenvalue weighted by molar-refractivity contribution is -0.126. The SMILES string of the molecule is CC(C)(C#N)C(=O)NCCc1ccc(F)c(Cl)c1. The fourth-order valence-electron chi connectivity index (χ4n) is 1.29. The molecule has 1 rings (SSSR count).